The summed E-state index contributed by atoms with van der Waals surface area (Å²) in [6.07, 6.45) is 4.55. The molecule has 0 saturated heterocycles. The number of hydrogen-bond donors (Lipinski definition) is 0. The topological polar surface area (TPSA) is 24.2 Å². The van der Waals surface area contributed by atoms with Crippen LogP contribution in [0.3, 0.4) is 0 Å². The Labute approximate surface area is 101 Å². The Morgan fingerprint density at radius 3 is 2.33 bits per heavy atom. The maximum absolute atomic E-state index is 11.3. The summed E-state index contributed by atoms with van der Waals surface area (Å²) in [6, 6.07) is 4.08. The SMILES string of the molecule is Cc1cc[n+](CCC(=O)N(C)C)cc1.[Br-]. The van der Waals surface area contributed by atoms with E-state index in [1.165, 1.54) is 5.56 Å². The predicted molar refractivity (Wildman–Crippen MR) is 54.7 cm³/mol. The van der Waals surface area contributed by atoms with Crippen molar-refractivity contribution in [1.82, 2.24) is 4.90 Å². The van der Waals surface area contributed by atoms with Gasteiger partial charge in [0.1, 0.15) is 0 Å². The van der Waals surface area contributed by atoms with E-state index in [1.807, 2.05) is 29.1 Å². The highest BCUT2D eigenvalue weighted by atomic mass is 79.9. The first-order valence-electron chi connectivity index (χ1n) is 4.75. The van der Waals surface area contributed by atoms with Crippen LogP contribution in [0.25, 0.3) is 0 Å². The average Bonchev–Trinajstić information content (AvgIpc) is 2.16. The second-order valence-corrected chi connectivity index (χ2v) is 3.65. The molecule has 0 atom stereocenters. The van der Waals surface area contributed by atoms with Crippen LogP contribution < -0.4 is 21.5 Å². The minimum absolute atomic E-state index is 0. The Balaban J connectivity index is 0.00000196. The van der Waals surface area contributed by atoms with Crippen molar-refractivity contribution in [2.75, 3.05) is 14.1 Å². The molecular weight excluding hydrogens is 256 g/mol. The first kappa shape index (κ1) is 14.1. The van der Waals surface area contributed by atoms with Crippen molar-refractivity contribution in [1.29, 1.82) is 0 Å². The Kier molecular flexibility index (Phi) is 6.17. The normalized spacial score (nSPS) is 9.27. The number of carbonyl (C=O) groups excluding carboxylic acids is 1. The van der Waals surface area contributed by atoms with Gasteiger partial charge in [0.05, 0.1) is 6.42 Å². The number of halogens is 1. The molecule has 0 saturated carbocycles. The number of aryl methyl sites for hydroxylation is 2. The molecule has 0 aromatic carbocycles. The van der Waals surface area contributed by atoms with Gasteiger partial charge in [-0.1, -0.05) is 0 Å². The molecular formula is C11H17BrN2O. The Morgan fingerprint density at radius 1 is 1.33 bits per heavy atom. The van der Waals surface area contributed by atoms with Crippen LogP contribution in [0.2, 0.25) is 0 Å². The van der Waals surface area contributed by atoms with Gasteiger partial charge in [0.25, 0.3) is 0 Å². The van der Waals surface area contributed by atoms with Crippen molar-refractivity contribution in [3.63, 3.8) is 0 Å². The second-order valence-electron chi connectivity index (χ2n) is 3.65. The standard InChI is InChI=1S/C11H17N2O.BrH/c1-10-4-7-13(8-5-10)9-6-11(14)12(2)3;/h4-5,7-8H,6,9H2,1-3H3;1H/q+1;/p-1. The van der Waals surface area contributed by atoms with Gasteiger partial charge in [0.2, 0.25) is 5.91 Å². The minimum atomic E-state index is 0. The fourth-order valence-electron chi connectivity index (χ4n) is 1.13. The molecule has 1 aromatic heterocycles. The summed E-state index contributed by atoms with van der Waals surface area (Å²) in [7, 11) is 3.56. The number of amides is 1. The van der Waals surface area contributed by atoms with E-state index in [-0.39, 0.29) is 22.9 Å². The van der Waals surface area contributed by atoms with Gasteiger partial charge in [0.15, 0.2) is 18.9 Å². The number of aromatic nitrogens is 1. The third kappa shape index (κ3) is 4.93. The highest BCUT2D eigenvalue weighted by Crippen LogP contribution is 1.91. The molecule has 0 unspecified atom stereocenters. The lowest BCUT2D eigenvalue weighted by Crippen LogP contribution is -3.00. The molecule has 0 aliphatic rings. The third-order valence-electron chi connectivity index (χ3n) is 2.14. The van der Waals surface area contributed by atoms with E-state index in [4.69, 9.17) is 0 Å². The number of rotatable bonds is 3. The predicted octanol–water partition coefficient (Wildman–Crippen LogP) is -2.24. The molecule has 1 heterocycles. The lowest BCUT2D eigenvalue weighted by atomic mass is 10.3. The van der Waals surface area contributed by atoms with Gasteiger partial charge in [-0.05, 0) is 12.5 Å². The zero-order valence-corrected chi connectivity index (χ0v) is 11.0. The molecule has 0 fully saturated rings. The summed E-state index contributed by atoms with van der Waals surface area (Å²) >= 11 is 0. The Hall–Kier alpha value is -0.900. The maximum Gasteiger partial charge on any atom is 0.228 e. The molecule has 1 aromatic rings. The van der Waals surface area contributed by atoms with Crippen LogP contribution in [0, 0.1) is 6.92 Å². The summed E-state index contributed by atoms with van der Waals surface area (Å²) in [6.45, 7) is 2.80. The lowest BCUT2D eigenvalue weighted by molar-refractivity contribution is -0.696. The Morgan fingerprint density at radius 2 is 1.87 bits per heavy atom. The van der Waals surface area contributed by atoms with Gasteiger partial charge in [0, 0.05) is 26.2 Å². The largest absolute Gasteiger partial charge is 1.00 e. The molecule has 1 rings (SSSR count). The van der Waals surface area contributed by atoms with E-state index in [0.717, 1.165) is 6.54 Å². The van der Waals surface area contributed by atoms with Gasteiger partial charge in [-0.3, -0.25) is 4.79 Å². The second kappa shape index (κ2) is 6.56. The van der Waals surface area contributed by atoms with Crippen LogP contribution in [-0.2, 0) is 11.3 Å². The molecule has 0 aliphatic heterocycles. The van der Waals surface area contributed by atoms with E-state index in [9.17, 15) is 4.79 Å². The number of pyridine rings is 1. The van der Waals surface area contributed by atoms with Crippen LogP contribution in [0.15, 0.2) is 24.5 Å². The van der Waals surface area contributed by atoms with Crippen molar-refractivity contribution >= 4 is 5.91 Å². The summed E-state index contributed by atoms with van der Waals surface area (Å²) in [5, 5.41) is 0. The quantitative estimate of drug-likeness (QED) is 0.572. The summed E-state index contributed by atoms with van der Waals surface area (Å²) in [5.41, 5.74) is 1.24. The fraction of sp³-hybridized carbons (Fsp3) is 0.455. The number of hydrogen-bond acceptors (Lipinski definition) is 1. The van der Waals surface area contributed by atoms with Gasteiger partial charge < -0.3 is 21.9 Å². The number of carbonyl (C=O) groups is 1. The molecule has 1 amide bonds. The van der Waals surface area contributed by atoms with E-state index < -0.39 is 0 Å². The number of nitrogens with zero attached hydrogens (tertiary/aromatic N) is 2. The van der Waals surface area contributed by atoms with Crippen LogP contribution in [0.5, 0.6) is 0 Å². The monoisotopic (exact) mass is 272 g/mol. The van der Waals surface area contributed by atoms with Crippen LogP contribution >= 0.6 is 0 Å². The van der Waals surface area contributed by atoms with Gasteiger partial charge >= 0.3 is 0 Å². The van der Waals surface area contributed by atoms with Gasteiger partial charge in [-0.2, -0.15) is 0 Å². The van der Waals surface area contributed by atoms with E-state index in [1.54, 1.807) is 19.0 Å². The smallest absolute Gasteiger partial charge is 0.228 e. The van der Waals surface area contributed by atoms with Crippen molar-refractivity contribution in [3.8, 4) is 0 Å². The molecule has 3 nitrogen and oxygen atoms in total. The molecule has 15 heavy (non-hydrogen) atoms. The highest BCUT2D eigenvalue weighted by Gasteiger charge is 2.07. The lowest BCUT2D eigenvalue weighted by Gasteiger charge is -2.07. The van der Waals surface area contributed by atoms with E-state index in [2.05, 4.69) is 6.92 Å². The minimum Gasteiger partial charge on any atom is -1.00 e. The summed E-state index contributed by atoms with van der Waals surface area (Å²) < 4.78 is 2.02. The third-order valence-corrected chi connectivity index (χ3v) is 2.14. The maximum atomic E-state index is 11.3. The van der Waals surface area contributed by atoms with Crippen LogP contribution in [0.4, 0.5) is 0 Å². The Bertz CT molecular complexity index is 309. The van der Waals surface area contributed by atoms with Crippen molar-refractivity contribution in [2.45, 2.75) is 19.9 Å². The molecule has 0 N–H and O–H groups in total. The average molecular weight is 273 g/mol. The molecule has 84 valence electrons. The molecule has 0 spiro atoms. The fourth-order valence-corrected chi connectivity index (χ4v) is 1.13. The van der Waals surface area contributed by atoms with Crippen molar-refractivity contribution in [2.24, 2.45) is 0 Å². The van der Waals surface area contributed by atoms with Crippen LogP contribution in [-0.4, -0.2) is 24.9 Å². The zero-order chi connectivity index (χ0) is 10.6. The first-order valence-corrected chi connectivity index (χ1v) is 4.75. The highest BCUT2D eigenvalue weighted by molar-refractivity contribution is 5.75. The molecule has 0 bridgehead atoms. The molecule has 0 aliphatic carbocycles. The van der Waals surface area contributed by atoms with Crippen molar-refractivity contribution in [3.05, 3.63) is 30.1 Å². The molecule has 0 radical (unpaired) electrons. The van der Waals surface area contributed by atoms with Gasteiger partial charge in [-0.25, -0.2) is 4.57 Å². The van der Waals surface area contributed by atoms with Crippen molar-refractivity contribution < 1.29 is 26.3 Å². The summed E-state index contributed by atoms with van der Waals surface area (Å²) in [5.74, 6) is 0.165. The summed E-state index contributed by atoms with van der Waals surface area (Å²) in [4.78, 5) is 12.9. The van der Waals surface area contributed by atoms with E-state index >= 15 is 0 Å². The zero-order valence-electron chi connectivity index (χ0n) is 9.40. The van der Waals surface area contributed by atoms with E-state index in [0.29, 0.717) is 6.42 Å². The van der Waals surface area contributed by atoms with Crippen LogP contribution in [0.1, 0.15) is 12.0 Å². The van der Waals surface area contributed by atoms with Gasteiger partial charge in [-0.15, -0.1) is 0 Å². The molecule has 4 heteroatoms. The first-order chi connectivity index (χ1) is 6.59.